The van der Waals surface area contributed by atoms with Gasteiger partial charge in [-0.15, -0.1) is 0 Å². The van der Waals surface area contributed by atoms with Crippen LogP contribution in [-0.2, 0) is 0 Å². The second-order valence-electron chi connectivity index (χ2n) is 5.52. The molecular formula is C14H16N4O. The van der Waals surface area contributed by atoms with E-state index in [9.17, 15) is 4.79 Å². The number of amides is 1. The topological polar surface area (TPSA) is 58.4 Å². The number of hydrogen-bond acceptors (Lipinski definition) is 3. The van der Waals surface area contributed by atoms with Crippen molar-refractivity contribution in [2.24, 2.45) is 5.92 Å². The number of rotatable bonds is 2. The Labute approximate surface area is 111 Å². The van der Waals surface area contributed by atoms with Gasteiger partial charge in [0.2, 0.25) is 0 Å². The lowest BCUT2D eigenvalue weighted by Gasteiger charge is -2.23. The van der Waals surface area contributed by atoms with E-state index in [1.807, 2.05) is 28.9 Å². The molecule has 98 valence electrons. The van der Waals surface area contributed by atoms with Crippen LogP contribution in [0, 0.1) is 5.92 Å². The molecule has 0 aromatic carbocycles. The Morgan fingerprint density at radius 3 is 3.16 bits per heavy atom. The van der Waals surface area contributed by atoms with Crippen molar-refractivity contribution in [1.82, 2.24) is 20.0 Å². The van der Waals surface area contributed by atoms with E-state index < -0.39 is 0 Å². The summed E-state index contributed by atoms with van der Waals surface area (Å²) in [6.07, 6.45) is 7.74. The number of fused-ring (bicyclic) bond motifs is 3. The zero-order chi connectivity index (χ0) is 12.8. The molecule has 2 N–H and O–H groups in total. The van der Waals surface area contributed by atoms with Crippen molar-refractivity contribution in [1.29, 1.82) is 0 Å². The summed E-state index contributed by atoms with van der Waals surface area (Å²) in [4.78, 5) is 16.5. The van der Waals surface area contributed by atoms with Gasteiger partial charge in [0.1, 0.15) is 5.65 Å². The summed E-state index contributed by atoms with van der Waals surface area (Å²) in [7, 11) is 0. The third-order valence-electron chi connectivity index (χ3n) is 4.34. The van der Waals surface area contributed by atoms with Gasteiger partial charge in [-0.1, -0.05) is 0 Å². The fourth-order valence-electron chi connectivity index (χ4n) is 3.32. The minimum absolute atomic E-state index is 0.0167. The number of carbonyl (C=O) groups excluding carboxylic acids is 1. The fraction of sp³-hybridized carbons (Fsp3) is 0.429. The van der Waals surface area contributed by atoms with Crippen LogP contribution in [0.5, 0.6) is 0 Å². The first-order chi connectivity index (χ1) is 9.29. The van der Waals surface area contributed by atoms with Gasteiger partial charge in [0, 0.05) is 42.8 Å². The number of hydrogen-bond donors (Lipinski definition) is 2. The van der Waals surface area contributed by atoms with Crippen molar-refractivity contribution in [3.05, 3.63) is 36.3 Å². The summed E-state index contributed by atoms with van der Waals surface area (Å²) in [5.74, 6) is 0.618. The van der Waals surface area contributed by atoms with Crippen molar-refractivity contribution in [3.63, 3.8) is 0 Å². The lowest BCUT2D eigenvalue weighted by Crippen LogP contribution is -2.44. The maximum absolute atomic E-state index is 12.3. The maximum Gasteiger partial charge on any atom is 0.251 e. The quantitative estimate of drug-likeness (QED) is 0.836. The average Bonchev–Trinajstić information content (AvgIpc) is 3.13. The summed E-state index contributed by atoms with van der Waals surface area (Å²) in [5.41, 5.74) is 1.50. The number of nitrogens with one attached hydrogen (secondary N) is 2. The molecule has 1 aliphatic carbocycles. The van der Waals surface area contributed by atoms with Gasteiger partial charge in [-0.2, -0.15) is 0 Å². The van der Waals surface area contributed by atoms with Gasteiger partial charge in [0.25, 0.3) is 5.91 Å². The highest BCUT2D eigenvalue weighted by Crippen LogP contribution is 2.31. The van der Waals surface area contributed by atoms with E-state index in [4.69, 9.17) is 0 Å². The van der Waals surface area contributed by atoms with E-state index in [1.165, 1.54) is 6.42 Å². The molecule has 3 unspecified atom stereocenters. The molecule has 5 heteroatoms. The predicted octanol–water partition coefficient (Wildman–Crippen LogP) is 0.814. The minimum atomic E-state index is 0.0167. The Balaban J connectivity index is 1.53. The van der Waals surface area contributed by atoms with Crippen LogP contribution in [0.15, 0.2) is 30.7 Å². The minimum Gasteiger partial charge on any atom is -0.349 e. The fourth-order valence-corrected chi connectivity index (χ4v) is 3.32. The van der Waals surface area contributed by atoms with Crippen LogP contribution in [-0.4, -0.2) is 33.9 Å². The van der Waals surface area contributed by atoms with Crippen LogP contribution < -0.4 is 10.6 Å². The lowest BCUT2D eigenvalue weighted by molar-refractivity contribution is 0.0925. The Hall–Kier alpha value is -1.88. The molecule has 2 aromatic heterocycles. The first-order valence-corrected chi connectivity index (χ1v) is 6.76. The number of piperidine rings is 1. The van der Waals surface area contributed by atoms with Crippen molar-refractivity contribution in [2.75, 3.05) is 6.54 Å². The molecule has 0 spiro atoms. The molecule has 0 radical (unpaired) electrons. The van der Waals surface area contributed by atoms with Gasteiger partial charge in [-0.25, -0.2) is 4.98 Å². The van der Waals surface area contributed by atoms with Crippen molar-refractivity contribution in [3.8, 4) is 0 Å². The standard InChI is InChI=1S/C14H16N4O/c19-14(17-12-7-11-5-10(12)8-16-11)9-1-3-18-4-2-15-13(18)6-9/h1-4,6,10-12,16H,5,7-8H2,(H,17,19). The van der Waals surface area contributed by atoms with Crippen LogP contribution in [0.4, 0.5) is 0 Å². The zero-order valence-electron chi connectivity index (χ0n) is 10.5. The van der Waals surface area contributed by atoms with Crippen LogP contribution in [0.25, 0.3) is 5.65 Å². The second kappa shape index (κ2) is 4.06. The van der Waals surface area contributed by atoms with Crippen LogP contribution in [0.1, 0.15) is 23.2 Å². The number of imidazole rings is 1. The number of nitrogens with zero attached hydrogens (tertiary/aromatic N) is 2. The number of pyridine rings is 1. The summed E-state index contributed by atoms with van der Waals surface area (Å²) in [5, 5.41) is 6.62. The van der Waals surface area contributed by atoms with E-state index in [0.29, 0.717) is 23.6 Å². The first-order valence-electron chi connectivity index (χ1n) is 6.76. The molecule has 5 nitrogen and oxygen atoms in total. The van der Waals surface area contributed by atoms with Gasteiger partial charge in [-0.3, -0.25) is 4.79 Å². The van der Waals surface area contributed by atoms with Crippen LogP contribution in [0.3, 0.4) is 0 Å². The van der Waals surface area contributed by atoms with Crippen molar-refractivity contribution >= 4 is 11.6 Å². The van der Waals surface area contributed by atoms with E-state index in [-0.39, 0.29) is 5.91 Å². The molecular weight excluding hydrogens is 240 g/mol. The molecule has 4 rings (SSSR count). The molecule has 1 aliphatic heterocycles. The normalized spacial score (nSPS) is 28.9. The smallest absolute Gasteiger partial charge is 0.251 e. The monoisotopic (exact) mass is 256 g/mol. The first kappa shape index (κ1) is 11.0. The molecule has 1 amide bonds. The van der Waals surface area contributed by atoms with Crippen molar-refractivity contribution in [2.45, 2.75) is 24.9 Å². The van der Waals surface area contributed by atoms with E-state index >= 15 is 0 Å². The third-order valence-corrected chi connectivity index (χ3v) is 4.34. The highest BCUT2D eigenvalue weighted by Gasteiger charge is 2.40. The lowest BCUT2D eigenvalue weighted by atomic mass is 10.0. The summed E-state index contributed by atoms with van der Waals surface area (Å²) < 4.78 is 1.90. The summed E-state index contributed by atoms with van der Waals surface area (Å²) >= 11 is 0. The van der Waals surface area contributed by atoms with Crippen LogP contribution in [0.2, 0.25) is 0 Å². The molecule has 1 saturated heterocycles. The van der Waals surface area contributed by atoms with E-state index in [2.05, 4.69) is 15.6 Å². The Morgan fingerprint density at radius 2 is 2.37 bits per heavy atom. The highest BCUT2D eigenvalue weighted by molar-refractivity contribution is 5.95. The zero-order valence-corrected chi connectivity index (χ0v) is 10.5. The highest BCUT2D eigenvalue weighted by atomic mass is 16.1. The SMILES string of the molecule is O=C(NC1CC2CC1CN2)c1ccn2ccnc2c1. The molecule has 3 atom stereocenters. The van der Waals surface area contributed by atoms with E-state index in [0.717, 1.165) is 18.6 Å². The molecule has 2 bridgehead atoms. The van der Waals surface area contributed by atoms with Crippen LogP contribution >= 0.6 is 0 Å². The largest absolute Gasteiger partial charge is 0.349 e. The average molecular weight is 256 g/mol. The number of aromatic nitrogens is 2. The molecule has 2 aromatic rings. The molecule has 19 heavy (non-hydrogen) atoms. The predicted molar refractivity (Wildman–Crippen MR) is 71.0 cm³/mol. The molecule has 2 aliphatic rings. The molecule has 3 heterocycles. The maximum atomic E-state index is 12.3. The van der Waals surface area contributed by atoms with Gasteiger partial charge in [-0.05, 0) is 30.9 Å². The van der Waals surface area contributed by atoms with Gasteiger partial charge < -0.3 is 15.0 Å². The van der Waals surface area contributed by atoms with E-state index in [1.54, 1.807) is 6.20 Å². The summed E-state index contributed by atoms with van der Waals surface area (Å²) in [6, 6.07) is 4.61. The third kappa shape index (κ3) is 1.81. The molecule has 2 fully saturated rings. The van der Waals surface area contributed by atoms with Gasteiger partial charge >= 0.3 is 0 Å². The Morgan fingerprint density at radius 1 is 1.42 bits per heavy atom. The van der Waals surface area contributed by atoms with Crippen molar-refractivity contribution < 1.29 is 4.79 Å². The second-order valence-corrected chi connectivity index (χ2v) is 5.52. The Bertz CT molecular complexity index is 635. The summed E-state index contributed by atoms with van der Waals surface area (Å²) in [6.45, 7) is 1.04. The number of carbonyl (C=O) groups is 1. The van der Waals surface area contributed by atoms with Gasteiger partial charge in [0.15, 0.2) is 0 Å². The van der Waals surface area contributed by atoms with Gasteiger partial charge in [0.05, 0.1) is 0 Å². The Kier molecular flexibility index (Phi) is 2.35. The molecule has 1 saturated carbocycles.